The molecule has 1 aromatic heterocycles. The van der Waals surface area contributed by atoms with E-state index in [1.54, 1.807) is 18.4 Å². The van der Waals surface area contributed by atoms with Crippen molar-refractivity contribution in [1.82, 2.24) is 5.32 Å². The Morgan fingerprint density at radius 1 is 1.45 bits per heavy atom. The number of methoxy groups -OCH3 is 1. The van der Waals surface area contributed by atoms with Gasteiger partial charge in [0, 0.05) is 22.2 Å². The molecule has 1 aromatic carbocycles. The molecule has 0 saturated heterocycles. The summed E-state index contributed by atoms with van der Waals surface area (Å²) in [4.78, 5) is 12.0. The third kappa shape index (κ3) is 2.64. The van der Waals surface area contributed by atoms with Crippen molar-refractivity contribution in [3.8, 4) is 5.75 Å². The number of carboxylic acids is 1. The van der Waals surface area contributed by atoms with Crippen LogP contribution in [0.4, 0.5) is 0 Å². The average Bonchev–Trinajstić information content (AvgIpc) is 2.77. The quantitative estimate of drug-likeness (QED) is 0.889. The lowest BCUT2D eigenvalue weighted by atomic mass is 9.80. The van der Waals surface area contributed by atoms with Crippen LogP contribution in [0, 0.1) is 5.92 Å². The van der Waals surface area contributed by atoms with Crippen molar-refractivity contribution in [2.24, 2.45) is 5.92 Å². The smallest absolute Gasteiger partial charge is 0.306 e. The van der Waals surface area contributed by atoms with Crippen molar-refractivity contribution in [1.29, 1.82) is 0 Å². The first-order valence-electron chi connectivity index (χ1n) is 6.68. The molecule has 2 aromatic rings. The predicted octanol–water partition coefficient (Wildman–Crippen LogP) is 2.86. The Kier molecular flexibility index (Phi) is 3.63. The van der Waals surface area contributed by atoms with Gasteiger partial charge in [0.05, 0.1) is 13.0 Å². The normalized spacial score (nSPS) is 21.6. The fourth-order valence-electron chi connectivity index (χ4n) is 2.52. The summed E-state index contributed by atoms with van der Waals surface area (Å²) in [5.41, 5.74) is 0. The van der Waals surface area contributed by atoms with Crippen molar-refractivity contribution in [2.45, 2.75) is 25.4 Å². The predicted molar refractivity (Wildman–Crippen MR) is 79.4 cm³/mol. The van der Waals surface area contributed by atoms with Crippen LogP contribution in [0.25, 0.3) is 10.1 Å². The van der Waals surface area contributed by atoms with E-state index >= 15 is 0 Å². The van der Waals surface area contributed by atoms with Gasteiger partial charge in [0.25, 0.3) is 0 Å². The summed E-state index contributed by atoms with van der Waals surface area (Å²) < 4.78 is 6.47. The summed E-state index contributed by atoms with van der Waals surface area (Å²) in [6, 6.07) is 8.60. The Balaban J connectivity index is 1.60. The standard InChI is InChI=1S/C15H17NO3S/c1-19-12-2-3-14-9(6-12)7-13(20-14)8-16-11-4-10(5-11)15(17)18/h2-3,6-7,10-11,16H,4-5,8H2,1H3,(H,17,18). The molecule has 0 amide bonds. The van der Waals surface area contributed by atoms with Crippen LogP contribution < -0.4 is 10.1 Å². The molecule has 1 fully saturated rings. The zero-order valence-corrected chi connectivity index (χ0v) is 12.1. The summed E-state index contributed by atoms with van der Waals surface area (Å²) in [5.74, 6) is 0.0503. The van der Waals surface area contributed by atoms with Gasteiger partial charge in [-0.25, -0.2) is 0 Å². The largest absolute Gasteiger partial charge is 0.497 e. The lowest BCUT2D eigenvalue weighted by molar-refractivity contribution is -0.145. The first-order chi connectivity index (χ1) is 9.65. The van der Waals surface area contributed by atoms with Gasteiger partial charge >= 0.3 is 5.97 Å². The van der Waals surface area contributed by atoms with Crippen LogP contribution in [0.5, 0.6) is 5.75 Å². The number of carboxylic acid groups (broad SMARTS) is 1. The number of ether oxygens (including phenoxy) is 1. The first kappa shape index (κ1) is 13.4. The topological polar surface area (TPSA) is 58.6 Å². The van der Waals surface area contributed by atoms with Gasteiger partial charge in [0.15, 0.2) is 0 Å². The van der Waals surface area contributed by atoms with E-state index in [0.717, 1.165) is 25.1 Å². The van der Waals surface area contributed by atoms with Crippen molar-refractivity contribution < 1.29 is 14.6 Å². The number of aliphatic carboxylic acids is 1. The molecule has 1 aliphatic rings. The number of thiophene rings is 1. The van der Waals surface area contributed by atoms with E-state index < -0.39 is 5.97 Å². The number of rotatable bonds is 5. The fraction of sp³-hybridized carbons (Fsp3) is 0.400. The highest BCUT2D eigenvalue weighted by Gasteiger charge is 2.33. The molecule has 0 unspecified atom stereocenters. The zero-order chi connectivity index (χ0) is 14.1. The number of hydrogen-bond acceptors (Lipinski definition) is 4. The Hall–Kier alpha value is -1.59. The Morgan fingerprint density at radius 2 is 2.25 bits per heavy atom. The summed E-state index contributed by atoms with van der Waals surface area (Å²) >= 11 is 1.77. The van der Waals surface area contributed by atoms with Gasteiger partial charge in [-0.3, -0.25) is 4.79 Å². The van der Waals surface area contributed by atoms with Crippen molar-refractivity contribution in [3.63, 3.8) is 0 Å². The summed E-state index contributed by atoms with van der Waals surface area (Å²) in [7, 11) is 1.67. The third-order valence-corrected chi connectivity index (χ3v) is 4.94. The van der Waals surface area contributed by atoms with Gasteiger partial charge < -0.3 is 15.2 Å². The highest BCUT2D eigenvalue weighted by molar-refractivity contribution is 7.19. The van der Waals surface area contributed by atoms with Crippen LogP contribution in [0.2, 0.25) is 0 Å². The second kappa shape index (κ2) is 5.42. The van der Waals surface area contributed by atoms with Gasteiger partial charge in [-0.2, -0.15) is 0 Å². The number of fused-ring (bicyclic) bond motifs is 1. The summed E-state index contributed by atoms with van der Waals surface area (Å²) in [6.45, 7) is 0.804. The summed E-state index contributed by atoms with van der Waals surface area (Å²) in [6.07, 6.45) is 1.49. The molecule has 0 radical (unpaired) electrons. The maximum absolute atomic E-state index is 10.7. The molecule has 0 atom stereocenters. The van der Waals surface area contributed by atoms with E-state index in [4.69, 9.17) is 9.84 Å². The minimum atomic E-state index is -0.669. The molecule has 0 aliphatic heterocycles. The monoisotopic (exact) mass is 291 g/mol. The van der Waals surface area contributed by atoms with E-state index in [2.05, 4.69) is 17.4 Å². The van der Waals surface area contributed by atoms with E-state index in [1.165, 1.54) is 15.0 Å². The summed E-state index contributed by atoms with van der Waals surface area (Å²) in [5, 5.41) is 13.5. The van der Waals surface area contributed by atoms with Crippen LogP contribution in [0.3, 0.4) is 0 Å². The molecule has 1 heterocycles. The maximum Gasteiger partial charge on any atom is 0.306 e. The van der Waals surface area contributed by atoms with Gasteiger partial charge in [0.2, 0.25) is 0 Å². The number of nitrogens with one attached hydrogen (secondary N) is 1. The van der Waals surface area contributed by atoms with E-state index in [-0.39, 0.29) is 5.92 Å². The van der Waals surface area contributed by atoms with Crippen LogP contribution in [0.15, 0.2) is 24.3 Å². The van der Waals surface area contributed by atoms with E-state index in [9.17, 15) is 4.79 Å². The van der Waals surface area contributed by atoms with Gasteiger partial charge in [-0.15, -0.1) is 11.3 Å². The van der Waals surface area contributed by atoms with Crippen molar-refractivity contribution in [2.75, 3.05) is 7.11 Å². The minimum absolute atomic E-state index is 0.154. The second-order valence-corrected chi connectivity index (χ2v) is 6.37. The van der Waals surface area contributed by atoms with Crippen LogP contribution in [0.1, 0.15) is 17.7 Å². The molecule has 1 saturated carbocycles. The highest BCUT2D eigenvalue weighted by Crippen LogP contribution is 2.31. The van der Waals surface area contributed by atoms with Crippen LogP contribution >= 0.6 is 11.3 Å². The molecular weight excluding hydrogens is 274 g/mol. The third-order valence-electron chi connectivity index (χ3n) is 3.83. The molecular formula is C15H17NO3S. The van der Waals surface area contributed by atoms with Crippen LogP contribution in [-0.2, 0) is 11.3 Å². The number of benzene rings is 1. The molecule has 5 heteroatoms. The molecule has 2 N–H and O–H groups in total. The van der Waals surface area contributed by atoms with E-state index in [0.29, 0.717) is 6.04 Å². The molecule has 4 nitrogen and oxygen atoms in total. The number of carbonyl (C=O) groups is 1. The van der Waals surface area contributed by atoms with Gasteiger partial charge in [-0.05, 0) is 42.5 Å². The first-order valence-corrected chi connectivity index (χ1v) is 7.50. The zero-order valence-electron chi connectivity index (χ0n) is 11.3. The minimum Gasteiger partial charge on any atom is -0.497 e. The Morgan fingerprint density at radius 3 is 2.95 bits per heavy atom. The molecule has 106 valence electrons. The van der Waals surface area contributed by atoms with Gasteiger partial charge in [0.1, 0.15) is 5.75 Å². The van der Waals surface area contributed by atoms with Crippen molar-refractivity contribution in [3.05, 3.63) is 29.1 Å². The Labute approximate surface area is 121 Å². The lowest BCUT2D eigenvalue weighted by Gasteiger charge is -2.32. The Bertz CT molecular complexity index is 631. The average molecular weight is 291 g/mol. The van der Waals surface area contributed by atoms with Crippen LogP contribution in [-0.4, -0.2) is 24.2 Å². The molecule has 1 aliphatic carbocycles. The maximum atomic E-state index is 10.7. The van der Waals surface area contributed by atoms with Crippen molar-refractivity contribution >= 4 is 27.4 Å². The molecule has 0 bridgehead atoms. The lowest BCUT2D eigenvalue weighted by Crippen LogP contribution is -2.43. The molecule has 3 rings (SSSR count). The van der Waals surface area contributed by atoms with Gasteiger partial charge in [-0.1, -0.05) is 0 Å². The second-order valence-electron chi connectivity index (χ2n) is 5.20. The highest BCUT2D eigenvalue weighted by atomic mass is 32.1. The molecule has 0 spiro atoms. The SMILES string of the molecule is COc1ccc2sc(CNC3CC(C(=O)O)C3)cc2c1. The van der Waals surface area contributed by atoms with E-state index in [1.807, 2.05) is 12.1 Å². The molecule has 20 heavy (non-hydrogen) atoms. The number of hydrogen-bond donors (Lipinski definition) is 2. The fourth-order valence-corrected chi connectivity index (χ4v) is 3.52.